The zero-order chi connectivity index (χ0) is 13.2. The van der Waals surface area contributed by atoms with Crippen LogP contribution in [-0.2, 0) is 11.3 Å². The number of pyridine rings is 1. The predicted molar refractivity (Wildman–Crippen MR) is 67.0 cm³/mol. The Balaban J connectivity index is 2.11. The minimum Gasteiger partial charge on any atom is -0.493 e. The van der Waals surface area contributed by atoms with Crippen LogP contribution in [0.5, 0.6) is 5.75 Å². The fraction of sp³-hybridized carbons (Fsp3) is 0.250. The summed E-state index contributed by atoms with van der Waals surface area (Å²) in [5.74, 6) is 2.20. The third-order valence-corrected chi connectivity index (χ3v) is 2.85. The first-order chi connectivity index (χ1) is 9.33. The van der Waals surface area contributed by atoms with E-state index in [1.54, 1.807) is 31.4 Å². The largest absolute Gasteiger partial charge is 0.493 e. The second kappa shape index (κ2) is 4.69. The molecule has 3 rings (SSSR count). The van der Waals surface area contributed by atoms with Crippen LogP contribution < -0.4 is 9.42 Å². The van der Waals surface area contributed by atoms with E-state index in [-0.39, 0.29) is 0 Å². The molecule has 3 aromatic rings. The summed E-state index contributed by atoms with van der Waals surface area (Å²) in [5.41, 5.74) is 0.886. The van der Waals surface area contributed by atoms with Gasteiger partial charge in [0.05, 0.1) is 12.5 Å². The van der Waals surface area contributed by atoms with Crippen molar-refractivity contribution in [1.82, 2.24) is 20.1 Å². The van der Waals surface area contributed by atoms with E-state index in [0.717, 1.165) is 28.3 Å². The summed E-state index contributed by atoms with van der Waals surface area (Å²) in [6.45, 7) is 0.428. The van der Waals surface area contributed by atoms with Crippen molar-refractivity contribution < 1.29 is 14.2 Å². The minimum atomic E-state index is 0.428. The van der Waals surface area contributed by atoms with Crippen molar-refractivity contribution in [3.63, 3.8) is 0 Å². The number of methoxy groups -OCH3 is 2. The Kier molecular flexibility index (Phi) is 2.88. The van der Waals surface area contributed by atoms with E-state index < -0.39 is 0 Å². The van der Waals surface area contributed by atoms with Gasteiger partial charge in [-0.3, -0.25) is 0 Å². The number of nitrogens with zero attached hydrogens (tertiary/aromatic N) is 3. The van der Waals surface area contributed by atoms with Crippen LogP contribution >= 0.6 is 0 Å². The maximum atomic E-state index is 5.28. The highest BCUT2D eigenvalue weighted by atomic mass is 16.5. The lowest BCUT2D eigenvalue weighted by Crippen LogP contribution is -2.33. The van der Waals surface area contributed by atoms with E-state index in [2.05, 4.69) is 20.1 Å². The van der Waals surface area contributed by atoms with Crippen LogP contribution in [0.25, 0.3) is 16.7 Å². The highest BCUT2D eigenvalue weighted by molar-refractivity contribution is 5.89. The minimum absolute atomic E-state index is 0.428. The molecule has 0 aliphatic rings. The van der Waals surface area contributed by atoms with E-state index >= 15 is 0 Å². The molecule has 19 heavy (non-hydrogen) atoms. The first kappa shape index (κ1) is 11.7. The maximum absolute atomic E-state index is 5.28. The molecule has 0 saturated heterocycles. The molecule has 2 N–H and O–H groups in total. The number of hydrogen-bond acceptors (Lipinski definition) is 4. The Bertz CT molecular complexity index is 703. The molecular formula is C12H14N5O2+. The zero-order valence-electron chi connectivity index (χ0n) is 10.7. The van der Waals surface area contributed by atoms with Crippen molar-refractivity contribution >= 4 is 10.9 Å². The summed E-state index contributed by atoms with van der Waals surface area (Å²) in [6.07, 6.45) is 5.21. The average Bonchev–Trinajstić information content (AvgIpc) is 3.06. The summed E-state index contributed by atoms with van der Waals surface area (Å²) < 4.78 is 12.1. The van der Waals surface area contributed by atoms with Gasteiger partial charge in [-0.05, 0) is 6.07 Å². The average molecular weight is 260 g/mol. The Hall–Kier alpha value is -2.41. The second-order valence-electron chi connectivity index (χ2n) is 4.02. The molecule has 0 radical (unpaired) electrons. The Morgan fingerprint density at radius 3 is 3.00 bits per heavy atom. The lowest BCUT2D eigenvalue weighted by molar-refractivity contribution is -0.659. The Labute approximate surface area is 109 Å². The molecule has 0 aliphatic heterocycles. The SMILES string of the molecule is COCc1nc[n+](-c2ncc(OC)c3cc[nH]c23)[nH]1. The van der Waals surface area contributed by atoms with Crippen LogP contribution in [0.15, 0.2) is 24.8 Å². The molecule has 0 saturated carbocycles. The molecule has 0 unspecified atom stereocenters. The molecule has 0 aromatic carbocycles. The van der Waals surface area contributed by atoms with E-state index in [0.29, 0.717) is 6.61 Å². The number of aromatic nitrogens is 5. The van der Waals surface area contributed by atoms with Crippen molar-refractivity contribution in [2.24, 2.45) is 0 Å². The van der Waals surface area contributed by atoms with Crippen molar-refractivity contribution in [3.8, 4) is 11.6 Å². The number of hydrogen-bond donors (Lipinski definition) is 2. The van der Waals surface area contributed by atoms with Gasteiger partial charge in [0.15, 0.2) is 5.75 Å². The molecule has 7 heteroatoms. The van der Waals surface area contributed by atoms with Crippen LogP contribution in [-0.4, -0.2) is 34.3 Å². The highest BCUT2D eigenvalue weighted by Gasteiger charge is 2.18. The first-order valence-corrected chi connectivity index (χ1v) is 5.78. The molecule has 0 fully saturated rings. The summed E-state index contributed by atoms with van der Waals surface area (Å²) in [6, 6.07) is 1.95. The number of rotatable bonds is 4. The van der Waals surface area contributed by atoms with E-state index in [4.69, 9.17) is 9.47 Å². The quantitative estimate of drug-likeness (QED) is 0.677. The van der Waals surface area contributed by atoms with Crippen molar-refractivity contribution in [1.29, 1.82) is 0 Å². The fourth-order valence-corrected chi connectivity index (χ4v) is 2.00. The molecule has 0 bridgehead atoms. The van der Waals surface area contributed by atoms with E-state index in [1.807, 2.05) is 12.3 Å². The predicted octanol–water partition coefficient (Wildman–Crippen LogP) is 0.718. The summed E-state index contributed by atoms with van der Waals surface area (Å²) in [5, 5.41) is 4.08. The van der Waals surface area contributed by atoms with Crippen molar-refractivity contribution in [3.05, 3.63) is 30.6 Å². The van der Waals surface area contributed by atoms with Crippen molar-refractivity contribution in [2.75, 3.05) is 14.2 Å². The molecule has 3 aromatic heterocycles. The number of H-pyrrole nitrogens is 2. The number of aromatic amines is 2. The lowest BCUT2D eigenvalue weighted by atomic mass is 10.3. The molecule has 0 spiro atoms. The van der Waals surface area contributed by atoms with E-state index in [1.165, 1.54) is 0 Å². The molecule has 3 heterocycles. The molecule has 0 aliphatic carbocycles. The number of nitrogens with one attached hydrogen (secondary N) is 2. The summed E-state index contributed by atoms with van der Waals surface area (Å²) >= 11 is 0. The second-order valence-corrected chi connectivity index (χ2v) is 4.02. The molecule has 0 amide bonds. The third kappa shape index (κ3) is 1.93. The van der Waals surface area contributed by atoms with Gasteiger partial charge in [-0.15, -0.1) is 9.67 Å². The maximum Gasteiger partial charge on any atom is 0.309 e. The normalized spacial score (nSPS) is 11.1. The molecule has 98 valence electrons. The third-order valence-electron chi connectivity index (χ3n) is 2.85. The van der Waals surface area contributed by atoms with Crippen LogP contribution in [0.3, 0.4) is 0 Å². The molecule has 0 atom stereocenters. The summed E-state index contributed by atoms with van der Waals surface area (Å²) in [4.78, 5) is 11.8. The van der Waals surface area contributed by atoms with Crippen LogP contribution in [0.1, 0.15) is 5.82 Å². The van der Waals surface area contributed by atoms with E-state index in [9.17, 15) is 0 Å². The highest BCUT2D eigenvalue weighted by Crippen LogP contribution is 2.25. The molecule has 7 nitrogen and oxygen atoms in total. The number of fused-ring (bicyclic) bond motifs is 1. The van der Waals surface area contributed by atoms with Gasteiger partial charge < -0.3 is 14.5 Å². The van der Waals surface area contributed by atoms with Gasteiger partial charge >= 0.3 is 5.82 Å². The monoisotopic (exact) mass is 260 g/mol. The topological polar surface area (TPSA) is 79.7 Å². The van der Waals surface area contributed by atoms with Gasteiger partial charge in [0.2, 0.25) is 12.2 Å². The van der Waals surface area contributed by atoms with Gasteiger partial charge in [-0.2, -0.15) is 0 Å². The zero-order valence-corrected chi connectivity index (χ0v) is 10.7. The van der Waals surface area contributed by atoms with Gasteiger partial charge in [0, 0.05) is 13.3 Å². The van der Waals surface area contributed by atoms with Crippen LogP contribution in [0.2, 0.25) is 0 Å². The van der Waals surface area contributed by atoms with Crippen LogP contribution in [0.4, 0.5) is 0 Å². The van der Waals surface area contributed by atoms with Gasteiger partial charge in [0.1, 0.15) is 18.3 Å². The van der Waals surface area contributed by atoms with Crippen LogP contribution in [0, 0.1) is 0 Å². The number of ether oxygens (including phenoxy) is 2. The lowest BCUT2D eigenvalue weighted by Gasteiger charge is -2.00. The smallest absolute Gasteiger partial charge is 0.309 e. The van der Waals surface area contributed by atoms with Gasteiger partial charge in [-0.1, -0.05) is 4.98 Å². The van der Waals surface area contributed by atoms with Gasteiger partial charge in [0.25, 0.3) is 0 Å². The Morgan fingerprint density at radius 1 is 1.32 bits per heavy atom. The standard InChI is InChI=1S/C12H13N5O2/c1-18-6-10-15-7-17(16-10)12-11-8(3-4-13-11)9(19-2)5-14-12/h3-5,7H,6H2,1-2H3,(H,13,14)/p+1. The Morgan fingerprint density at radius 2 is 2.21 bits per heavy atom. The summed E-state index contributed by atoms with van der Waals surface area (Å²) in [7, 11) is 3.25. The fourth-order valence-electron chi connectivity index (χ4n) is 2.00. The molecular weight excluding hydrogens is 246 g/mol. The van der Waals surface area contributed by atoms with Crippen molar-refractivity contribution in [2.45, 2.75) is 6.61 Å². The first-order valence-electron chi connectivity index (χ1n) is 5.78. The van der Waals surface area contributed by atoms with Gasteiger partial charge in [-0.25, -0.2) is 5.10 Å².